The van der Waals surface area contributed by atoms with Gasteiger partial charge in [0.15, 0.2) is 0 Å². The lowest BCUT2D eigenvalue weighted by Crippen LogP contribution is -2.44. The summed E-state index contributed by atoms with van der Waals surface area (Å²) in [6.07, 6.45) is 2.00. The van der Waals surface area contributed by atoms with Gasteiger partial charge >= 0.3 is 12.0 Å². The van der Waals surface area contributed by atoms with Crippen LogP contribution in [0.1, 0.15) is 47.7 Å². The summed E-state index contributed by atoms with van der Waals surface area (Å²) in [4.78, 5) is 38.7. The second-order valence-electron chi connectivity index (χ2n) is 7.03. The molecule has 0 saturated carbocycles. The van der Waals surface area contributed by atoms with Crippen LogP contribution in [0, 0.1) is 5.82 Å². The van der Waals surface area contributed by atoms with Crippen molar-refractivity contribution in [3.8, 4) is 0 Å². The molecule has 1 saturated heterocycles. The van der Waals surface area contributed by atoms with E-state index in [1.54, 1.807) is 24.3 Å². The number of urea groups is 1. The third-order valence-electron chi connectivity index (χ3n) is 5.13. The highest BCUT2D eigenvalue weighted by molar-refractivity contribution is 6.07. The van der Waals surface area contributed by atoms with E-state index in [1.165, 1.54) is 31.4 Å². The van der Waals surface area contributed by atoms with Crippen LogP contribution in [0.5, 0.6) is 0 Å². The van der Waals surface area contributed by atoms with Crippen molar-refractivity contribution in [1.82, 2.24) is 10.2 Å². The Morgan fingerprint density at radius 3 is 2.34 bits per heavy atom. The number of rotatable bonds is 7. The highest BCUT2D eigenvalue weighted by atomic mass is 19.1. The van der Waals surface area contributed by atoms with Gasteiger partial charge in [-0.15, -0.1) is 0 Å². The SMILES string of the molecule is CCCC[C@]1(c2ccc(F)cc2)NC(=O)N(Cc2ccc(C(=O)OC)cc2)C1=O. The van der Waals surface area contributed by atoms with Crippen molar-refractivity contribution >= 4 is 17.9 Å². The molecule has 1 N–H and O–H groups in total. The Morgan fingerprint density at radius 2 is 1.76 bits per heavy atom. The van der Waals surface area contributed by atoms with Crippen LogP contribution < -0.4 is 5.32 Å². The van der Waals surface area contributed by atoms with Gasteiger partial charge in [0.25, 0.3) is 5.91 Å². The zero-order valence-electron chi connectivity index (χ0n) is 16.4. The van der Waals surface area contributed by atoms with E-state index in [0.717, 1.165) is 17.7 Å². The number of nitrogens with one attached hydrogen (secondary N) is 1. The Kier molecular flexibility index (Phi) is 5.96. The van der Waals surface area contributed by atoms with Crippen molar-refractivity contribution in [2.24, 2.45) is 0 Å². The minimum absolute atomic E-state index is 0.0706. The lowest BCUT2D eigenvalue weighted by molar-refractivity contribution is -0.132. The number of nitrogens with zero attached hydrogens (tertiary/aromatic N) is 1. The smallest absolute Gasteiger partial charge is 0.337 e. The maximum Gasteiger partial charge on any atom is 0.337 e. The van der Waals surface area contributed by atoms with Crippen molar-refractivity contribution < 1.29 is 23.5 Å². The zero-order valence-corrected chi connectivity index (χ0v) is 16.4. The summed E-state index contributed by atoms with van der Waals surface area (Å²) < 4.78 is 18.1. The normalized spacial score (nSPS) is 18.7. The lowest BCUT2D eigenvalue weighted by atomic mass is 9.84. The third-order valence-corrected chi connectivity index (χ3v) is 5.13. The van der Waals surface area contributed by atoms with Crippen LogP contribution >= 0.6 is 0 Å². The minimum Gasteiger partial charge on any atom is -0.465 e. The van der Waals surface area contributed by atoms with Crippen LogP contribution in [-0.2, 0) is 21.6 Å². The molecule has 1 aliphatic rings. The molecule has 1 aliphatic heterocycles. The van der Waals surface area contributed by atoms with E-state index < -0.39 is 23.4 Å². The number of esters is 1. The van der Waals surface area contributed by atoms with Crippen molar-refractivity contribution in [3.05, 3.63) is 71.0 Å². The first-order chi connectivity index (χ1) is 13.9. The Morgan fingerprint density at radius 1 is 1.10 bits per heavy atom. The number of benzene rings is 2. The molecule has 3 rings (SSSR count). The van der Waals surface area contributed by atoms with Gasteiger partial charge < -0.3 is 10.1 Å². The van der Waals surface area contributed by atoms with E-state index in [-0.39, 0.29) is 12.5 Å². The number of ether oxygens (including phenoxy) is 1. The average molecular weight is 398 g/mol. The van der Waals surface area contributed by atoms with Crippen molar-refractivity contribution in [3.63, 3.8) is 0 Å². The van der Waals surface area contributed by atoms with Gasteiger partial charge in [-0.2, -0.15) is 0 Å². The maximum atomic E-state index is 13.4. The molecule has 2 aromatic carbocycles. The molecule has 152 valence electrons. The molecule has 0 bridgehead atoms. The topological polar surface area (TPSA) is 75.7 Å². The number of methoxy groups -OCH3 is 1. The molecule has 2 aromatic rings. The Balaban J connectivity index is 1.87. The van der Waals surface area contributed by atoms with Crippen LogP contribution in [0.15, 0.2) is 48.5 Å². The van der Waals surface area contributed by atoms with Gasteiger partial charge in [-0.05, 0) is 41.8 Å². The molecule has 7 heteroatoms. The third kappa shape index (κ3) is 3.99. The standard InChI is InChI=1S/C22H23FN2O4/c1-3-4-13-22(17-9-11-18(23)12-10-17)20(27)25(21(28)24-22)14-15-5-7-16(8-6-15)19(26)29-2/h5-12H,3-4,13-14H2,1-2H3,(H,24,28)/t22-/m1/s1. The number of hydrogen-bond donors (Lipinski definition) is 1. The Labute approximate surface area is 168 Å². The van der Waals surface area contributed by atoms with Gasteiger partial charge in [-0.25, -0.2) is 14.0 Å². The van der Waals surface area contributed by atoms with Crippen LogP contribution in [0.2, 0.25) is 0 Å². The predicted octanol–water partition coefficient (Wildman–Crippen LogP) is 3.75. The molecule has 29 heavy (non-hydrogen) atoms. The van der Waals surface area contributed by atoms with E-state index in [9.17, 15) is 18.8 Å². The van der Waals surface area contributed by atoms with E-state index in [2.05, 4.69) is 10.1 Å². The van der Waals surface area contributed by atoms with Gasteiger partial charge in [0.05, 0.1) is 19.2 Å². The molecule has 3 amide bonds. The zero-order chi connectivity index (χ0) is 21.0. The summed E-state index contributed by atoms with van der Waals surface area (Å²) in [6.45, 7) is 2.07. The fraction of sp³-hybridized carbons (Fsp3) is 0.318. The molecular formula is C22H23FN2O4. The lowest BCUT2D eigenvalue weighted by Gasteiger charge is -2.27. The molecule has 1 heterocycles. The fourth-order valence-corrected chi connectivity index (χ4v) is 3.50. The largest absolute Gasteiger partial charge is 0.465 e. The summed E-state index contributed by atoms with van der Waals surface area (Å²) in [5.74, 6) is -1.22. The molecule has 0 aromatic heterocycles. The van der Waals surface area contributed by atoms with Gasteiger partial charge in [0, 0.05) is 0 Å². The van der Waals surface area contributed by atoms with Crippen LogP contribution in [0.25, 0.3) is 0 Å². The number of carbonyl (C=O) groups excluding carboxylic acids is 3. The van der Waals surface area contributed by atoms with Gasteiger partial charge in [0.2, 0.25) is 0 Å². The number of halogens is 1. The minimum atomic E-state index is -1.20. The number of unbranched alkanes of at least 4 members (excludes halogenated alkanes) is 1. The number of carbonyl (C=O) groups is 3. The van der Waals surface area contributed by atoms with Crippen LogP contribution in [0.4, 0.5) is 9.18 Å². The molecular weight excluding hydrogens is 375 g/mol. The molecule has 0 unspecified atom stereocenters. The number of hydrogen-bond acceptors (Lipinski definition) is 4. The summed E-state index contributed by atoms with van der Waals surface area (Å²) >= 11 is 0. The molecule has 6 nitrogen and oxygen atoms in total. The molecule has 0 spiro atoms. The highest BCUT2D eigenvalue weighted by Crippen LogP contribution is 2.35. The molecule has 1 atom stereocenters. The van der Waals surface area contributed by atoms with E-state index in [1.807, 2.05) is 6.92 Å². The highest BCUT2D eigenvalue weighted by Gasteiger charge is 2.51. The van der Waals surface area contributed by atoms with Gasteiger partial charge in [0.1, 0.15) is 11.4 Å². The molecule has 0 aliphatic carbocycles. The Bertz CT molecular complexity index is 911. The summed E-state index contributed by atoms with van der Waals surface area (Å²) in [6, 6.07) is 11.7. The summed E-state index contributed by atoms with van der Waals surface area (Å²) in [5.41, 5.74) is 0.449. The monoisotopic (exact) mass is 398 g/mol. The van der Waals surface area contributed by atoms with Crippen molar-refractivity contribution in [1.29, 1.82) is 0 Å². The van der Waals surface area contributed by atoms with E-state index in [4.69, 9.17) is 0 Å². The molecule has 1 fully saturated rings. The summed E-state index contributed by atoms with van der Waals surface area (Å²) in [7, 11) is 1.30. The van der Waals surface area contributed by atoms with E-state index in [0.29, 0.717) is 23.1 Å². The first-order valence-electron chi connectivity index (χ1n) is 9.48. The second-order valence-corrected chi connectivity index (χ2v) is 7.03. The van der Waals surface area contributed by atoms with Crippen molar-refractivity contribution in [2.45, 2.75) is 38.3 Å². The van der Waals surface area contributed by atoms with Crippen LogP contribution in [0.3, 0.4) is 0 Å². The van der Waals surface area contributed by atoms with Crippen LogP contribution in [-0.4, -0.2) is 29.9 Å². The van der Waals surface area contributed by atoms with Crippen molar-refractivity contribution in [2.75, 3.05) is 7.11 Å². The first kappa shape index (κ1) is 20.5. The maximum absolute atomic E-state index is 13.4. The predicted molar refractivity (Wildman–Crippen MR) is 104 cm³/mol. The van der Waals surface area contributed by atoms with Gasteiger partial charge in [-0.3, -0.25) is 9.69 Å². The van der Waals surface area contributed by atoms with Gasteiger partial charge in [-0.1, -0.05) is 44.0 Å². The fourth-order valence-electron chi connectivity index (χ4n) is 3.50. The average Bonchev–Trinajstić information content (AvgIpc) is 2.97. The second kappa shape index (κ2) is 8.43. The molecule has 0 radical (unpaired) electrons. The van der Waals surface area contributed by atoms with E-state index >= 15 is 0 Å². The Hall–Kier alpha value is -3.22. The number of imide groups is 1. The first-order valence-corrected chi connectivity index (χ1v) is 9.48. The quantitative estimate of drug-likeness (QED) is 0.569. The number of amides is 3. The summed E-state index contributed by atoms with van der Waals surface area (Å²) in [5, 5.41) is 2.84.